The van der Waals surface area contributed by atoms with Gasteiger partial charge < -0.3 is 20.3 Å². The van der Waals surface area contributed by atoms with Crippen LogP contribution in [-0.4, -0.2) is 55.6 Å². The first kappa shape index (κ1) is 17.9. The summed E-state index contributed by atoms with van der Waals surface area (Å²) in [6, 6.07) is 9.04. The largest absolute Gasteiger partial charge is 0.356 e. The first-order chi connectivity index (χ1) is 12.0. The molecule has 0 aromatic heterocycles. The molecule has 0 spiro atoms. The first-order valence-electron chi connectivity index (χ1n) is 8.93. The molecule has 2 amide bonds. The molecule has 1 heterocycles. The van der Waals surface area contributed by atoms with E-state index in [2.05, 4.69) is 29.6 Å². The number of ether oxygens (including phenoxy) is 1. The lowest BCUT2D eigenvalue weighted by Crippen LogP contribution is -2.56. The third-order valence-electron chi connectivity index (χ3n) is 5.50. The van der Waals surface area contributed by atoms with Gasteiger partial charge >= 0.3 is 0 Å². The zero-order chi connectivity index (χ0) is 17.9. The molecular weight excluding hydrogens is 318 g/mol. The average Bonchev–Trinajstić information content (AvgIpc) is 3.11. The Morgan fingerprint density at radius 3 is 2.60 bits per heavy atom. The average molecular weight is 345 g/mol. The number of nitrogens with one attached hydrogen (secondary N) is 2. The minimum Gasteiger partial charge on any atom is -0.356 e. The molecule has 2 N–H and O–H groups in total. The van der Waals surface area contributed by atoms with E-state index in [0.29, 0.717) is 6.54 Å². The lowest BCUT2D eigenvalue weighted by molar-refractivity contribution is -0.148. The lowest BCUT2D eigenvalue weighted by Gasteiger charge is -2.38. The van der Waals surface area contributed by atoms with Crippen LogP contribution in [0, 0.1) is 0 Å². The Balaban J connectivity index is 1.70. The number of hydrogen-bond donors (Lipinski definition) is 2. The van der Waals surface area contributed by atoms with Gasteiger partial charge in [0.1, 0.15) is 6.61 Å². The lowest BCUT2D eigenvalue weighted by atomic mass is 9.95. The van der Waals surface area contributed by atoms with E-state index in [4.69, 9.17) is 4.74 Å². The highest BCUT2D eigenvalue weighted by Crippen LogP contribution is 2.33. The monoisotopic (exact) mass is 345 g/mol. The summed E-state index contributed by atoms with van der Waals surface area (Å²) in [6.07, 6.45) is 3.85. The van der Waals surface area contributed by atoms with Crippen LogP contribution >= 0.6 is 0 Å². The Hall–Kier alpha value is -1.92. The fourth-order valence-corrected chi connectivity index (χ4v) is 3.87. The van der Waals surface area contributed by atoms with Gasteiger partial charge in [-0.25, -0.2) is 0 Å². The first-order valence-corrected chi connectivity index (χ1v) is 8.93. The van der Waals surface area contributed by atoms with Crippen molar-refractivity contribution >= 4 is 11.8 Å². The van der Waals surface area contributed by atoms with Crippen LogP contribution in [-0.2, 0) is 14.3 Å². The maximum absolute atomic E-state index is 12.8. The van der Waals surface area contributed by atoms with Crippen LogP contribution in [0.25, 0.3) is 0 Å². The number of morpholine rings is 1. The van der Waals surface area contributed by atoms with Crippen LogP contribution < -0.4 is 10.6 Å². The Morgan fingerprint density at radius 1 is 1.28 bits per heavy atom. The van der Waals surface area contributed by atoms with Crippen LogP contribution in [0.15, 0.2) is 30.3 Å². The predicted octanol–water partition coefficient (Wildman–Crippen LogP) is 1.23. The molecule has 3 rings (SSSR count). The second-order valence-corrected chi connectivity index (χ2v) is 7.23. The molecule has 1 aromatic carbocycles. The molecule has 1 aromatic rings. The van der Waals surface area contributed by atoms with Crippen molar-refractivity contribution in [2.24, 2.45) is 0 Å². The molecule has 2 aliphatic rings. The van der Waals surface area contributed by atoms with Crippen molar-refractivity contribution in [2.75, 3.05) is 27.2 Å². The summed E-state index contributed by atoms with van der Waals surface area (Å²) < 4.78 is 5.59. The number of hydrogen-bond acceptors (Lipinski definition) is 4. The van der Waals surface area contributed by atoms with Crippen molar-refractivity contribution in [3.05, 3.63) is 35.9 Å². The minimum absolute atomic E-state index is 0.0236. The van der Waals surface area contributed by atoms with E-state index in [0.717, 1.165) is 18.4 Å². The van der Waals surface area contributed by atoms with Gasteiger partial charge in [0, 0.05) is 12.1 Å². The molecule has 25 heavy (non-hydrogen) atoms. The molecule has 136 valence electrons. The molecular formula is C19H27N3O3. The van der Waals surface area contributed by atoms with E-state index in [1.807, 2.05) is 30.3 Å². The second-order valence-electron chi connectivity index (χ2n) is 7.23. The Morgan fingerprint density at radius 2 is 1.96 bits per heavy atom. The van der Waals surface area contributed by atoms with Crippen molar-refractivity contribution < 1.29 is 14.3 Å². The van der Waals surface area contributed by atoms with Crippen LogP contribution in [0.2, 0.25) is 0 Å². The summed E-state index contributed by atoms with van der Waals surface area (Å²) in [5, 5.41) is 5.96. The maximum atomic E-state index is 12.8. The third kappa shape index (κ3) is 3.85. The van der Waals surface area contributed by atoms with Crippen molar-refractivity contribution in [3.63, 3.8) is 0 Å². The van der Waals surface area contributed by atoms with Crippen molar-refractivity contribution in [2.45, 2.75) is 43.4 Å². The van der Waals surface area contributed by atoms with E-state index in [-0.39, 0.29) is 24.0 Å². The van der Waals surface area contributed by atoms with E-state index >= 15 is 0 Å². The molecule has 0 radical (unpaired) electrons. The number of benzene rings is 1. The number of nitrogens with zero attached hydrogens (tertiary/aromatic N) is 1. The molecule has 6 heteroatoms. The van der Waals surface area contributed by atoms with E-state index < -0.39 is 12.1 Å². The predicted molar refractivity (Wildman–Crippen MR) is 95.0 cm³/mol. The zero-order valence-corrected chi connectivity index (χ0v) is 15.0. The number of likely N-dealkylation sites (N-methyl/N-ethyl adjacent to an activating group) is 1. The highest BCUT2D eigenvalue weighted by Gasteiger charge is 2.39. The van der Waals surface area contributed by atoms with Crippen molar-refractivity contribution in [1.29, 1.82) is 0 Å². The minimum atomic E-state index is -0.708. The molecule has 2 atom stereocenters. The normalized spacial score (nSPS) is 25.6. The Labute approximate surface area is 148 Å². The standard InChI is InChI=1S/C19H27N3O3/c1-22(2)19(10-6-7-11-19)13-20-18(24)17-16(21-15(23)12-25-17)14-8-4-3-5-9-14/h3-5,8-9,16-17H,6-7,10-13H2,1-2H3,(H,20,24)(H,21,23)/t16-,17+/m1/s1. The summed E-state index contributed by atoms with van der Waals surface area (Å²) in [4.78, 5) is 26.8. The van der Waals surface area contributed by atoms with Crippen LogP contribution in [0.5, 0.6) is 0 Å². The smallest absolute Gasteiger partial charge is 0.251 e. The summed E-state index contributed by atoms with van der Waals surface area (Å²) in [6.45, 7) is 0.522. The van der Waals surface area contributed by atoms with Gasteiger partial charge in [-0.15, -0.1) is 0 Å². The molecule has 2 fully saturated rings. The van der Waals surface area contributed by atoms with Crippen molar-refractivity contribution in [3.8, 4) is 0 Å². The quantitative estimate of drug-likeness (QED) is 0.842. The summed E-state index contributed by atoms with van der Waals surface area (Å²) in [7, 11) is 4.14. The highest BCUT2D eigenvalue weighted by molar-refractivity contribution is 5.86. The molecule has 1 saturated heterocycles. The van der Waals surface area contributed by atoms with Crippen LogP contribution in [0.4, 0.5) is 0 Å². The molecule has 1 saturated carbocycles. The number of carbonyl (C=O) groups excluding carboxylic acids is 2. The topological polar surface area (TPSA) is 70.7 Å². The summed E-state index contributed by atoms with van der Waals surface area (Å²) in [5.41, 5.74) is 0.898. The van der Waals surface area contributed by atoms with E-state index in [1.54, 1.807) is 0 Å². The number of rotatable bonds is 5. The SMILES string of the molecule is CN(C)C1(CNC(=O)[C@H]2OCC(=O)N[C@@H]2c2ccccc2)CCCC1. The van der Waals surface area contributed by atoms with E-state index in [1.165, 1.54) is 12.8 Å². The van der Waals surface area contributed by atoms with Gasteiger partial charge in [0.2, 0.25) is 5.91 Å². The highest BCUT2D eigenvalue weighted by atomic mass is 16.5. The molecule has 0 bridgehead atoms. The van der Waals surface area contributed by atoms with Gasteiger partial charge in [0.15, 0.2) is 6.10 Å². The van der Waals surface area contributed by atoms with Gasteiger partial charge in [-0.1, -0.05) is 43.2 Å². The van der Waals surface area contributed by atoms with Gasteiger partial charge in [-0.05, 0) is 32.5 Å². The van der Waals surface area contributed by atoms with Crippen LogP contribution in [0.3, 0.4) is 0 Å². The van der Waals surface area contributed by atoms with Crippen molar-refractivity contribution in [1.82, 2.24) is 15.5 Å². The number of amides is 2. The Bertz CT molecular complexity index is 612. The number of carbonyl (C=O) groups is 2. The molecule has 1 aliphatic heterocycles. The van der Waals surface area contributed by atoms with Gasteiger partial charge in [0.05, 0.1) is 6.04 Å². The summed E-state index contributed by atoms with van der Waals surface area (Å²) in [5.74, 6) is -0.361. The summed E-state index contributed by atoms with van der Waals surface area (Å²) >= 11 is 0. The fourth-order valence-electron chi connectivity index (χ4n) is 3.87. The van der Waals surface area contributed by atoms with Gasteiger partial charge in [-0.3, -0.25) is 9.59 Å². The fraction of sp³-hybridized carbons (Fsp3) is 0.579. The van der Waals surface area contributed by atoms with Crippen LogP contribution in [0.1, 0.15) is 37.3 Å². The molecule has 6 nitrogen and oxygen atoms in total. The van der Waals surface area contributed by atoms with Gasteiger partial charge in [-0.2, -0.15) is 0 Å². The van der Waals surface area contributed by atoms with E-state index in [9.17, 15) is 9.59 Å². The maximum Gasteiger partial charge on any atom is 0.251 e. The molecule has 0 unspecified atom stereocenters. The Kier molecular flexibility index (Phi) is 5.39. The zero-order valence-electron chi connectivity index (χ0n) is 15.0. The van der Waals surface area contributed by atoms with Gasteiger partial charge in [0.25, 0.3) is 5.91 Å². The third-order valence-corrected chi connectivity index (χ3v) is 5.50. The second kappa shape index (κ2) is 7.54. The molecule has 1 aliphatic carbocycles.